The van der Waals surface area contributed by atoms with Crippen molar-refractivity contribution < 1.29 is 13.2 Å². The Kier molecular flexibility index (Phi) is 5.62. The first-order valence-corrected chi connectivity index (χ1v) is 8.34. The third-order valence-corrected chi connectivity index (χ3v) is 4.67. The monoisotopic (exact) mass is 335 g/mol. The van der Waals surface area contributed by atoms with Crippen LogP contribution in [0, 0.1) is 0 Å². The molecule has 4 nitrogen and oxygen atoms in total. The van der Waals surface area contributed by atoms with Gasteiger partial charge in [-0.3, -0.25) is 0 Å². The third kappa shape index (κ3) is 4.26. The molecule has 18 heavy (non-hydrogen) atoms. The van der Waals surface area contributed by atoms with Crippen LogP contribution in [0.1, 0.15) is 13.8 Å². The minimum atomic E-state index is -3.19. The van der Waals surface area contributed by atoms with Gasteiger partial charge in [-0.2, -0.15) is 4.31 Å². The number of halogens is 1. The first-order valence-electron chi connectivity index (χ1n) is 5.70. The van der Waals surface area contributed by atoms with E-state index in [1.54, 1.807) is 0 Å². The Bertz CT molecular complexity index is 490. The van der Waals surface area contributed by atoms with Crippen molar-refractivity contribution in [3.63, 3.8) is 0 Å². The van der Waals surface area contributed by atoms with Gasteiger partial charge in [-0.05, 0) is 35.0 Å². The van der Waals surface area contributed by atoms with Crippen LogP contribution >= 0.6 is 15.9 Å². The van der Waals surface area contributed by atoms with Crippen molar-refractivity contribution in [2.24, 2.45) is 0 Å². The minimum absolute atomic E-state index is 0.197. The summed E-state index contributed by atoms with van der Waals surface area (Å²) in [5, 5.41) is 0. The standard InChI is InChI=1S/C12H18BrNO3S/c1-4-14(18(3,15)16)10(2)9-17-12-8-6-5-7-11(12)13/h5-8,10H,4,9H2,1-3H3/t10-/m1/s1. The molecule has 0 aliphatic carbocycles. The molecule has 0 bridgehead atoms. The van der Waals surface area contributed by atoms with Crippen LogP contribution in [0.4, 0.5) is 0 Å². The molecule has 1 rings (SSSR count). The van der Waals surface area contributed by atoms with Crippen LogP contribution in [0.2, 0.25) is 0 Å². The fraction of sp³-hybridized carbons (Fsp3) is 0.500. The Balaban J connectivity index is 2.66. The van der Waals surface area contributed by atoms with Crippen LogP contribution in [-0.4, -0.2) is 38.2 Å². The highest BCUT2D eigenvalue weighted by molar-refractivity contribution is 9.10. The molecule has 0 saturated heterocycles. The first kappa shape index (κ1) is 15.5. The van der Waals surface area contributed by atoms with Crippen molar-refractivity contribution in [1.29, 1.82) is 0 Å². The predicted molar refractivity (Wildman–Crippen MR) is 76.3 cm³/mol. The van der Waals surface area contributed by atoms with Crippen molar-refractivity contribution in [3.05, 3.63) is 28.7 Å². The summed E-state index contributed by atoms with van der Waals surface area (Å²) < 4.78 is 31.0. The molecular formula is C12H18BrNO3S. The van der Waals surface area contributed by atoms with E-state index in [4.69, 9.17) is 4.74 Å². The second-order valence-electron chi connectivity index (χ2n) is 4.06. The number of ether oxygens (including phenoxy) is 1. The zero-order chi connectivity index (χ0) is 13.8. The highest BCUT2D eigenvalue weighted by Gasteiger charge is 2.21. The zero-order valence-corrected chi connectivity index (χ0v) is 13.2. The molecule has 0 amide bonds. The number of likely N-dealkylation sites (N-methyl/N-ethyl adjacent to an activating group) is 1. The largest absolute Gasteiger partial charge is 0.491 e. The summed E-state index contributed by atoms with van der Waals surface area (Å²) in [5.41, 5.74) is 0. The van der Waals surface area contributed by atoms with Crippen LogP contribution < -0.4 is 4.74 Å². The number of nitrogens with zero attached hydrogens (tertiary/aromatic N) is 1. The van der Waals surface area contributed by atoms with Gasteiger partial charge in [-0.25, -0.2) is 8.42 Å². The lowest BCUT2D eigenvalue weighted by atomic mass is 10.3. The van der Waals surface area contributed by atoms with E-state index in [2.05, 4.69) is 15.9 Å². The van der Waals surface area contributed by atoms with E-state index in [9.17, 15) is 8.42 Å². The minimum Gasteiger partial charge on any atom is -0.491 e. The number of hydrogen-bond donors (Lipinski definition) is 0. The molecule has 0 saturated carbocycles. The van der Waals surface area contributed by atoms with Gasteiger partial charge in [-0.15, -0.1) is 0 Å². The lowest BCUT2D eigenvalue weighted by molar-refractivity contribution is 0.219. The van der Waals surface area contributed by atoms with E-state index < -0.39 is 10.0 Å². The van der Waals surface area contributed by atoms with Gasteiger partial charge in [0.2, 0.25) is 10.0 Å². The summed E-state index contributed by atoms with van der Waals surface area (Å²) in [7, 11) is -3.19. The topological polar surface area (TPSA) is 46.6 Å². The van der Waals surface area contributed by atoms with Gasteiger partial charge in [0.1, 0.15) is 12.4 Å². The van der Waals surface area contributed by atoms with Gasteiger partial charge in [-0.1, -0.05) is 19.1 Å². The molecule has 1 aromatic carbocycles. The molecule has 0 aliphatic rings. The van der Waals surface area contributed by atoms with Gasteiger partial charge < -0.3 is 4.74 Å². The average molecular weight is 336 g/mol. The van der Waals surface area contributed by atoms with Crippen molar-refractivity contribution in [2.75, 3.05) is 19.4 Å². The molecule has 0 N–H and O–H groups in total. The van der Waals surface area contributed by atoms with Crippen LogP contribution in [0.25, 0.3) is 0 Å². The molecule has 1 atom stereocenters. The maximum absolute atomic E-state index is 11.5. The van der Waals surface area contributed by atoms with E-state index in [1.807, 2.05) is 38.1 Å². The molecule has 6 heteroatoms. The molecule has 0 aromatic heterocycles. The van der Waals surface area contributed by atoms with E-state index in [0.29, 0.717) is 18.9 Å². The van der Waals surface area contributed by atoms with Gasteiger partial charge in [0.25, 0.3) is 0 Å². The van der Waals surface area contributed by atoms with E-state index in [-0.39, 0.29) is 6.04 Å². The quantitative estimate of drug-likeness (QED) is 0.802. The van der Waals surface area contributed by atoms with Crippen LogP contribution in [0.15, 0.2) is 28.7 Å². The third-order valence-electron chi connectivity index (χ3n) is 2.55. The molecule has 0 radical (unpaired) electrons. The van der Waals surface area contributed by atoms with Crippen LogP contribution in [0.5, 0.6) is 5.75 Å². The second kappa shape index (κ2) is 6.54. The van der Waals surface area contributed by atoms with Crippen molar-refractivity contribution in [2.45, 2.75) is 19.9 Å². The molecule has 0 spiro atoms. The number of benzene rings is 1. The average Bonchev–Trinajstić information content (AvgIpc) is 2.27. The number of sulfonamides is 1. The molecular weight excluding hydrogens is 318 g/mol. The van der Waals surface area contributed by atoms with Crippen LogP contribution in [0.3, 0.4) is 0 Å². The summed E-state index contributed by atoms with van der Waals surface area (Å²) in [5.74, 6) is 0.717. The first-order chi connectivity index (χ1) is 8.36. The predicted octanol–water partition coefficient (Wildman–Crippen LogP) is 2.50. The molecule has 0 heterocycles. The van der Waals surface area contributed by atoms with Gasteiger partial charge in [0.15, 0.2) is 0 Å². The summed E-state index contributed by atoms with van der Waals surface area (Å²) in [6, 6.07) is 7.30. The van der Waals surface area contributed by atoms with Crippen molar-refractivity contribution in [3.8, 4) is 5.75 Å². The van der Waals surface area contributed by atoms with Gasteiger partial charge in [0, 0.05) is 6.54 Å². The second-order valence-corrected chi connectivity index (χ2v) is 6.85. The Morgan fingerprint density at radius 1 is 1.39 bits per heavy atom. The van der Waals surface area contributed by atoms with Crippen molar-refractivity contribution >= 4 is 26.0 Å². The number of hydrogen-bond acceptors (Lipinski definition) is 3. The lowest BCUT2D eigenvalue weighted by Crippen LogP contribution is -2.41. The zero-order valence-electron chi connectivity index (χ0n) is 10.8. The summed E-state index contributed by atoms with van der Waals surface area (Å²) in [6.45, 7) is 4.42. The normalized spacial score (nSPS) is 13.6. The van der Waals surface area contributed by atoms with Crippen LogP contribution in [-0.2, 0) is 10.0 Å². The molecule has 102 valence electrons. The maximum atomic E-state index is 11.5. The lowest BCUT2D eigenvalue weighted by Gasteiger charge is -2.25. The smallest absolute Gasteiger partial charge is 0.211 e. The Morgan fingerprint density at radius 2 is 2.00 bits per heavy atom. The highest BCUT2D eigenvalue weighted by Crippen LogP contribution is 2.24. The Hall–Kier alpha value is -0.590. The molecule has 1 aromatic rings. The maximum Gasteiger partial charge on any atom is 0.211 e. The van der Waals surface area contributed by atoms with E-state index in [0.717, 1.165) is 4.47 Å². The summed E-state index contributed by atoms with van der Waals surface area (Å²) >= 11 is 3.38. The fourth-order valence-electron chi connectivity index (χ4n) is 1.73. The highest BCUT2D eigenvalue weighted by atomic mass is 79.9. The number of para-hydroxylation sites is 1. The van der Waals surface area contributed by atoms with Crippen molar-refractivity contribution in [1.82, 2.24) is 4.31 Å². The molecule has 0 fully saturated rings. The van der Waals surface area contributed by atoms with Gasteiger partial charge in [0.05, 0.1) is 16.8 Å². The Labute approximate surface area is 117 Å². The Morgan fingerprint density at radius 3 is 2.50 bits per heavy atom. The SMILES string of the molecule is CCN([C@H](C)COc1ccccc1Br)S(C)(=O)=O. The fourth-order valence-corrected chi connectivity index (χ4v) is 3.31. The summed E-state index contributed by atoms with van der Waals surface area (Å²) in [6.07, 6.45) is 1.21. The number of rotatable bonds is 6. The van der Waals surface area contributed by atoms with Gasteiger partial charge >= 0.3 is 0 Å². The van der Waals surface area contributed by atoms with E-state index in [1.165, 1.54) is 10.6 Å². The molecule has 0 aliphatic heterocycles. The summed E-state index contributed by atoms with van der Waals surface area (Å²) in [4.78, 5) is 0. The molecule has 0 unspecified atom stereocenters. The van der Waals surface area contributed by atoms with E-state index >= 15 is 0 Å².